The number of hydrogen-bond acceptors (Lipinski definition) is 5. The van der Waals surface area contributed by atoms with Gasteiger partial charge in [0.1, 0.15) is 0 Å². The maximum atomic E-state index is 12.8. The van der Waals surface area contributed by atoms with Gasteiger partial charge in [-0.1, -0.05) is 6.92 Å². The van der Waals surface area contributed by atoms with Gasteiger partial charge in [-0.05, 0) is 25.8 Å². The second-order valence-electron chi connectivity index (χ2n) is 6.95. The van der Waals surface area contributed by atoms with Gasteiger partial charge in [0.2, 0.25) is 5.88 Å². The predicted octanol–water partition coefficient (Wildman–Crippen LogP) is 1.66. The Morgan fingerprint density at radius 3 is 2.67 bits per heavy atom. The number of nitrogens with zero attached hydrogens (tertiary/aromatic N) is 3. The van der Waals surface area contributed by atoms with Crippen LogP contribution in [-0.4, -0.2) is 72.2 Å². The van der Waals surface area contributed by atoms with E-state index < -0.39 is 0 Å². The lowest BCUT2D eigenvalue weighted by Gasteiger charge is -2.33. The Hall–Kier alpha value is -1.66. The summed E-state index contributed by atoms with van der Waals surface area (Å²) in [6.07, 6.45) is 1.69. The lowest BCUT2D eigenvalue weighted by molar-refractivity contribution is 0.0119. The van der Waals surface area contributed by atoms with Crippen LogP contribution in [0.4, 0.5) is 0 Å². The largest absolute Gasteiger partial charge is 0.475 e. The number of morpholine rings is 1. The van der Waals surface area contributed by atoms with Gasteiger partial charge in [-0.3, -0.25) is 9.69 Å². The van der Waals surface area contributed by atoms with Crippen molar-refractivity contribution in [2.75, 3.05) is 39.4 Å². The molecule has 0 aliphatic carbocycles. The Bertz CT molecular complexity index is 555. The second-order valence-corrected chi connectivity index (χ2v) is 6.95. The molecule has 2 saturated heterocycles. The summed E-state index contributed by atoms with van der Waals surface area (Å²) < 4.78 is 11.0. The topological polar surface area (TPSA) is 54.9 Å². The van der Waals surface area contributed by atoms with Gasteiger partial charge in [0.25, 0.3) is 5.91 Å². The molecule has 132 valence electrons. The highest BCUT2D eigenvalue weighted by Gasteiger charge is 2.36. The molecule has 0 N–H and O–H groups in total. The molecule has 2 aliphatic rings. The van der Waals surface area contributed by atoms with Gasteiger partial charge in [0, 0.05) is 44.5 Å². The average Bonchev–Trinajstić information content (AvgIpc) is 2.97. The van der Waals surface area contributed by atoms with Crippen molar-refractivity contribution < 1.29 is 14.3 Å². The quantitative estimate of drug-likeness (QED) is 0.839. The standard InChI is InChI=1S/C18H27N3O3/c1-13(2)24-17-5-4-15(10-19-17)18(22)21-11-14(3)16(12-21)20-6-8-23-9-7-20/h4-5,10,13-14,16H,6-9,11-12H2,1-3H3/t14-,16-/m1/s1. The van der Waals surface area contributed by atoms with Crippen LogP contribution in [0.5, 0.6) is 5.88 Å². The van der Waals surface area contributed by atoms with Crippen molar-refractivity contribution in [3.8, 4) is 5.88 Å². The first kappa shape index (κ1) is 17.2. The third kappa shape index (κ3) is 3.87. The lowest BCUT2D eigenvalue weighted by atomic mass is 10.0. The van der Waals surface area contributed by atoms with Gasteiger partial charge in [0.15, 0.2) is 0 Å². The minimum atomic E-state index is 0.0567. The van der Waals surface area contributed by atoms with Crippen LogP contribution in [0.1, 0.15) is 31.1 Å². The maximum absolute atomic E-state index is 12.8. The summed E-state index contributed by atoms with van der Waals surface area (Å²) >= 11 is 0. The molecule has 6 heteroatoms. The number of aromatic nitrogens is 1. The highest BCUT2D eigenvalue weighted by molar-refractivity contribution is 5.94. The third-order valence-electron chi connectivity index (χ3n) is 4.71. The average molecular weight is 333 g/mol. The van der Waals surface area contributed by atoms with Crippen molar-refractivity contribution in [3.05, 3.63) is 23.9 Å². The molecule has 1 amide bonds. The molecule has 2 fully saturated rings. The van der Waals surface area contributed by atoms with E-state index >= 15 is 0 Å². The van der Waals surface area contributed by atoms with Crippen molar-refractivity contribution in [3.63, 3.8) is 0 Å². The minimum Gasteiger partial charge on any atom is -0.475 e. The van der Waals surface area contributed by atoms with Crippen LogP contribution in [0, 0.1) is 5.92 Å². The molecule has 1 aromatic heterocycles. The first-order chi connectivity index (χ1) is 11.5. The predicted molar refractivity (Wildman–Crippen MR) is 91.2 cm³/mol. The number of pyridine rings is 1. The molecule has 3 heterocycles. The van der Waals surface area contributed by atoms with Crippen molar-refractivity contribution in [2.24, 2.45) is 5.92 Å². The van der Waals surface area contributed by atoms with Gasteiger partial charge in [-0.25, -0.2) is 4.98 Å². The van der Waals surface area contributed by atoms with E-state index in [-0.39, 0.29) is 12.0 Å². The number of likely N-dealkylation sites (tertiary alicyclic amines) is 1. The molecule has 2 atom stereocenters. The van der Waals surface area contributed by atoms with E-state index in [1.165, 1.54) is 0 Å². The summed E-state index contributed by atoms with van der Waals surface area (Å²) in [6.45, 7) is 11.2. The molecule has 0 radical (unpaired) electrons. The number of rotatable bonds is 4. The Morgan fingerprint density at radius 2 is 2.04 bits per heavy atom. The van der Waals surface area contributed by atoms with Gasteiger partial charge < -0.3 is 14.4 Å². The number of carbonyl (C=O) groups is 1. The zero-order valence-electron chi connectivity index (χ0n) is 14.8. The molecule has 0 spiro atoms. The molecule has 1 aromatic rings. The molecule has 2 aliphatic heterocycles. The Morgan fingerprint density at radius 1 is 1.29 bits per heavy atom. The molecule has 0 bridgehead atoms. The number of carbonyl (C=O) groups excluding carboxylic acids is 1. The minimum absolute atomic E-state index is 0.0567. The van der Waals surface area contributed by atoms with E-state index in [0.717, 1.165) is 39.4 Å². The van der Waals surface area contributed by atoms with Crippen LogP contribution in [0.25, 0.3) is 0 Å². The highest BCUT2D eigenvalue weighted by Crippen LogP contribution is 2.24. The van der Waals surface area contributed by atoms with Crippen molar-refractivity contribution in [1.29, 1.82) is 0 Å². The van der Waals surface area contributed by atoms with Gasteiger partial charge in [0.05, 0.1) is 24.9 Å². The van der Waals surface area contributed by atoms with Gasteiger partial charge in [-0.15, -0.1) is 0 Å². The molecular weight excluding hydrogens is 306 g/mol. The van der Waals surface area contributed by atoms with Gasteiger partial charge in [-0.2, -0.15) is 0 Å². The van der Waals surface area contributed by atoms with E-state index in [0.29, 0.717) is 23.4 Å². The summed E-state index contributed by atoms with van der Waals surface area (Å²) in [5, 5.41) is 0. The zero-order valence-corrected chi connectivity index (χ0v) is 14.8. The normalized spacial score (nSPS) is 25.2. The maximum Gasteiger partial charge on any atom is 0.255 e. The van der Waals surface area contributed by atoms with Crippen LogP contribution in [0.2, 0.25) is 0 Å². The fourth-order valence-corrected chi connectivity index (χ4v) is 3.50. The Balaban J connectivity index is 1.62. The zero-order chi connectivity index (χ0) is 17.1. The number of hydrogen-bond donors (Lipinski definition) is 0. The fraction of sp³-hybridized carbons (Fsp3) is 0.667. The second kappa shape index (κ2) is 7.49. The van der Waals surface area contributed by atoms with Crippen molar-refractivity contribution in [2.45, 2.75) is 32.9 Å². The SMILES string of the molecule is CC(C)Oc1ccc(C(=O)N2C[C@@H](C)[C@H](N3CCOCC3)C2)cn1. The van der Waals surface area contributed by atoms with E-state index in [1.807, 2.05) is 18.7 Å². The summed E-state index contributed by atoms with van der Waals surface area (Å²) in [5.74, 6) is 1.09. The summed E-state index contributed by atoms with van der Waals surface area (Å²) in [4.78, 5) is 21.4. The van der Waals surface area contributed by atoms with Crippen LogP contribution in [-0.2, 0) is 4.74 Å². The van der Waals surface area contributed by atoms with E-state index in [2.05, 4.69) is 16.8 Å². The van der Waals surface area contributed by atoms with Crippen molar-refractivity contribution >= 4 is 5.91 Å². The summed E-state index contributed by atoms with van der Waals surface area (Å²) in [7, 11) is 0. The lowest BCUT2D eigenvalue weighted by Crippen LogP contribution is -2.47. The van der Waals surface area contributed by atoms with Gasteiger partial charge >= 0.3 is 0 Å². The Kier molecular flexibility index (Phi) is 5.36. The number of ether oxygens (including phenoxy) is 2. The molecule has 3 rings (SSSR count). The van der Waals surface area contributed by atoms with E-state index in [9.17, 15) is 4.79 Å². The molecule has 0 aromatic carbocycles. The highest BCUT2D eigenvalue weighted by atomic mass is 16.5. The smallest absolute Gasteiger partial charge is 0.255 e. The molecule has 24 heavy (non-hydrogen) atoms. The van der Waals surface area contributed by atoms with Crippen LogP contribution in [0.15, 0.2) is 18.3 Å². The summed E-state index contributed by atoms with van der Waals surface area (Å²) in [6, 6.07) is 4.00. The van der Waals surface area contributed by atoms with E-state index in [4.69, 9.17) is 9.47 Å². The molecular formula is C18H27N3O3. The monoisotopic (exact) mass is 333 g/mol. The first-order valence-corrected chi connectivity index (χ1v) is 8.78. The van der Waals surface area contributed by atoms with E-state index in [1.54, 1.807) is 18.3 Å². The molecule has 0 unspecified atom stereocenters. The summed E-state index contributed by atoms with van der Waals surface area (Å²) in [5.41, 5.74) is 0.626. The molecule has 0 saturated carbocycles. The third-order valence-corrected chi connectivity index (χ3v) is 4.71. The fourth-order valence-electron chi connectivity index (χ4n) is 3.50. The van der Waals surface area contributed by atoms with Crippen molar-refractivity contribution in [1.82, 2.24) is 14.8 Å². The number of amides is 1. The Labute approximate surface area is 143 Å². The van der Waals surface area contributed by atoms with Crippen LogP contribution in [0.3, 0.4) is 0 Å². The van der Waals surface area contributed by atoms with Crippen LogP contribution < -0.4 is 4.74 Å². The molecule has 6 nitrogen and oxygen atoms in total. The first-order valence-electron chi connectivity index (χ1n) is 8.78. The van der Waals surface area contributed by atoms with Crippen LogP contribution >= 0.6 is 0 Å².